The van der Waals surface area contributed by atoms with Gasteiger partial charge in [-0.1, -0.05) is 54.6 Å². The molecule has 0 atom stereocenters. The molecule has 1 N–H and O–H groups in total. The van der Waals surface area contributed by atoms with Gasteiger partial charge in [0.1, 0.15) is 0 Å². The minimum absolute atomic E-state index is 0.0548. The van der Waals surface area contributed by atoms with Crippen LogP contribution in [0.1, 0.15) is 16.7 Å². The number of hydrogen-bond donors (Lipinski definition) is 1. The number of aryl methyl sites for hydroxylation is 2. The first-order chi connectivity index (χ1) is 14.3. The minimum atomic E-state index is -0.0548. The number of carbonyl (C=O) groups is 1. The molecule has 0 radical (unpaired) electrons. The Labute approximate surface area is 174 Å². The lowest BCUT2D eigenvalue weighted by Gasteiger charge is -2.06. The molecule has 0 unspecified atom stereocenters. The predicted octanol–water partition coefficient (Wildman–Crippen LogP) is 5.17. The van der Waals surface area contributed by atoms with E-state index in [0.29, 0.717) is 11.6 Å². The minimum Gasteiger partial charge on any atom is -0.302 e. The average molecular weight is 400 g/mol. The van der Waals surface area contributed by atoms with Gasteiger partial charge in [-0.2, -0.15) is 0 Å². The quantitative estimate of drug-likeness (QED) is 0.466. The molecular formula is C24H21N3OS. The van der Waals surface area contributed by atoms with Gasteiger partial charge in [-0.05, 0) is 41.7 Å². The summed E-state index contributed by atoms with van der Waals surface area (Å²) < 4.78 is 0. The van der Waals surface area contributed by atoms with Crippen molar-refractivity contribution in [3.8, 4) is 11.3 Å². The molecule has 2 aromatic heterocycles. The summed E-state index contributed by atoms with van der Waals surface area (Å²) >= 11 is 1.43. The normalized spacial score (nSPS) is 10.6. The Bertz CT molecular complexity index is 1080. The first kappa shape index (κ1) is 19.0. The molecule has 1 amide bonds. The van der Waals surface area contributed by atoms with Crippen LogP contribution in [0.5, 0.6) is 0 Å². The van der Waals surface area contributed by atoms with Crippen molar-refractivity contribution in [2.45, 2.75) is 19.3 Å². The lowest BCUT2D eigenvalue weighted by Crippen LogP contribution is -2.14. The third kappa shape index (κ3) is 5.36. The highest BCUT2D eigenvalue weighted by Crippen LogP contribution is 2.24. The first-order valence-corrected chi connectivity index (χ1v) is 10.4. The highest BCUT2D eigenvalue weighted by molar-refractivity contribution is 7.14. The molecule has 4 nitrogen and oxygen atoms in total. The summed E-state index contributed by atoms with van der Waals surface area (Å²) in [5.74, 6) is -0.0548. The predicted molar refractivity (Wildman–Crippen MR) is 118 cm³/mol. The smallest absolute Gasteiger partial charge is 0.230 e. The van der Waals surface area contributed by atoms with E-state index >= 15 is 0 Å². The van der Waals surface area contributed by atoms with Gasteiger partial charge in [0, 0.05) is 23.3 Å². The standard InChI is InChI=1S/C24H21N3OS/c28-23(27-24-26-22(17-29-24)21-11-13-25-14-12-21)16-20-8-4-7-19(15-20)10-9-18-5-2-1-3-6-18/h1-8,11-15,17H,9-10,16H2,(H,26,27,28). The van der Waals surface area contributed by atoms with Crippen LogP contribution in [0.3, 0.4) is 0 Å². The van der Waals surface area contributed by atoms with Crippen molar-refractivity contribution in [1.82, 2.24) is 9.97 Å². The van der Waals surface area contributed by atoms with Crippen LogP contribution in [0.15, 0.2) is 84.5 Å². The Morgan fingerprint density at radius 2 is 1.59 bits per heavy atom. The fraction of sp³-hybridized carbons (Fsp3) is 0.125. The highest BCUT2D eigenvalue weighted by atomic mass is 32.1. The summed E-state index contributed by atoms with van der Waals surface area (Å²) in [5.41, 5.74) is 5.41. The molecule has 0 aliphatic rings. The number of nitrogens with one attached hydrogen (secondary N) is 1. The fourth-order valence-electron chi connectivity index (χ4n) is 3.16. The molecule has 144 valence electrons. The molecule has 0 aliphatic carbocycles. The van der Waals surface area contributed by atoms with Crippen molar-refractivity contribution < 1.29 is 4.79 Å². The van der Waals surface area contributed by atoms with E-state index in [1.807, 2.05) is 35.7 Å². The molecule has 4 aromatic rings. The number of anilines is 1. The number of aromatic nitrogens is 2. The zero-order valence-corrected chi connectivity index (χ0v) is 16.7. The second kappa shape index (κ2) is 9.26. The SMILES string of the molecule is O=C(Cc1cccc(CCc2ccccc2)c1)Nc1nc(-c2ccncc2)cs1. The lowest BCUT2D eigenvalue weighted by atomic mass is 10.0. The molecule has 4 rings (SSSR count). The van der Waals surface area contributed by atoms with Gasteiger partial charge in [0.2, 0.25) is 5.91 Å². The molecule has 0 spiro atoms. The van der Waals surface area contributed by atoms with Crippen molar-refractivity contribution in [3.05, 3.63) is 101 Å². The molecule has 0 saturated heterocycles. The van der Waals surface area contributed by atoms with Gasteiger partial charge >= 0.3 is 0 Å². The molecule has 0 fully saturated rings. The van der Waals surface area contributed by atoms with Gasteiger partial charge in [0.05, 0.1) is 12.1 Å². The Morgan fingerprint density at radius 3 is 2.41 bits per heavy atom. The monoisotopic (exact) mass is 399 g/mol. The van der Waals surface area contributed by atoms with E-state index in [1.54, 1.807) is 12.4 Å². The third-order valence-corrected chi connectivity index (χ3v) is 5.39. The van der Waals surface area contributed by atoms with Crippen LogP contribution in [0, 0.1) is 0 Å². The molecule has 2 aromatic carbocycles. The van der Waals surface area contributed by atoms with Crippen LogP contribution < -0.4 is 5.32 Å². The Hall–Kier alpha value is -3.31. The van der Waals surface area contributed by atoms with Gasteiger partial charge in [-0.15, -0.1) is 11.3 Å². The number of hydrogen-bond acceptors (Lipinski definition) is 4. The van der Waals surface area contributed by atoms with Crippen LogP contribution in [-0.4, -0.2) is 15.9 Å². The summed E-state index contributed by atoms with van der Waals surface area (Å²) in [6.07, 6.45) is 5.76. The largest absolute Gasteiger partial charge is 0.302 e. The maximum absolute atomic E-state index is 12.5. The summed E-state index contributed by atoms with van der Waals surface area (Å²) in [7, 11) is 0. The number of rotatable bonds is 7. The van der Waals surface area contributed by atoms with Gasteiger partial charge < -0.3 is 5.32 Å². The number of amides is 1. The average Bonchev–Trinajstić information content (AvgIpc) is 3.22. The van der Waals surface area contributed by atoms with E-state index in [0.717, 1.165) is 29.7 Å². The van der Waals surface area contributed by atoms with E-state index in [-0.39, 0.29) is 5.91 Å². The summed E-state index contributed by atoms with van der Waals surface area (Å²) in [5, 5.41) is 5.46. The van der Waals surface area contributed by atoms with Gasteiger partial charge in [-0.25, -0.2) is 4.98 Å². The van der Waals surface area contributed by atoms with E-state index in [1.165, 1.54) is 22.5 Å². The van der Waals surface area contributed by atoms with Crippen LogP contribution in [-0.2, 0) is 24.1 Å². The second-order valence-electron chi connectivity index (χ2n) is 6.80. The second-order valence-corrected chi connectivity index (χ2v) is 7.66. The number of nitrogens with zero attached hydrogens (tertiary/aromatic N) is 2. The van der Waals surface area contributed by atoms with Crippen LogP contribution in [0.25, 0.3) is 11.3 Å². The van der Waals surface area contributed by atoms with Gasteiger partial charge in [-0.3, -0.25) is 9.78 Å². The Morgan fingerprint density at radius 1 is 0.862 bits per heavy atom. The summed E-state index contributed by atoms with van der Waals surface area (Å²) in [4.78, 5) is 21.0. The maximum atomic E-state index is 12.5. The number of benzene rings is 2. The first-order valence-electron chi connectivity index (χ1n) is 9.54. The Balaban J connectivity index is 1.34. The molecule has 0 aliphatic heterocycles. The molecule has 0 bridgehead atoms. The molecule has 0 saturated carbocycles. The lowest BCUT2D eigenvalue weighted by molar-refractivity contribution is -0.115. The van der Waals surface area contributed by atoms with E-state index in [2.05, 4.69) is 51.7 Å². The molecular weight excluding hydrogens is 378 g/mol. The third-order valence-electron chi connectivity index (χ3n) is 4.63. The zero-order chi connectivity index (χ0) is 19.9. The van der Waals surface area contributed by atoms with E-state index < -0.39 is 0 Å². The van der Waals surface area contributed by atoms with Crippen LogP contribution in [0.2, 0.25) is 0 Å². The van der Waals surface area contributed by atoms with Crippen LogP contribution >= 0.6 is 11.3 Å². The van der Waals surface area contributed by atoms with Gasteiger partial charge in [0.15, 0.2) is 5.13 Å². The van der Waals surface area contributed by atoms with Crippen molar-refractivity contribution in [1.29, 1.82) is 0 Å². The number of carbonyl (C=O) groups excluding carboxylic acids is 1. The molecule has 2 heterocycles. The van der Waals surface area contributed by atoms with E-state index in [4.69, 9.17) is 0 Å². The van der Waals surface area contributed by atoms with Crippen molar-refractivity contribution in [2.24, 2.45) is 0 Å². The number of pyridine rings is 1. The summed E-state index contributed by atoms with van der Waals surface area (Å²) in [6, 6.07) is 22.5. The highest BCUT2D eigenvalue weighted by Gasteiger charge is 2.09. The number of thiazole rings is 1. The van der Waals surface area contributed by atoms with Crippen molar-refractivity contribution in [2.75, 3.05) is 5.32 Å². The maximum Gasteiger partial charge on any atom is 0.230 e. The van der Waals surface area contributed by atoms with E-state index in [9.17, 15) is 4.79 Å². The van der Waals surface area contributed by atoms with Crippen LogP contribution in [0.4, 0.5) is 5.13 Å². The zero-order valence-electron chi connectivity index (χ0n) is 15.9. The van der Waals surface area contributed by atoms with Crippen molar-refractivity contribution >= 4 is 22.4 Å². The Kier molecular flexibility index (Phi) is 6.07. The van der Waals surface area contributed by atoms with Crippen molar-refractivity contribution in [3.63, 3.8) is 0 Å². The summed E-state index contributed by atoms with van der Waals surface area (Å²) in [6.45, 7) is 0. The molecule has 5 heteroatoms. The van der Waals surface area contributed by atoms with Gasteiger partial charge in [0.25, 0.3) is 0 Å². The topological polar surface area (TPSA) is 54.9 Å². The molecule has 29 heavy (non-hydrogen) atoms. The fourth-order valence-corrected chi connectivity index (χ4v) is 3.90.